The van der Waals surface area contributed by atoms with Gasteiger partial charge in [0.2, 0.25) is 10.0 Å². The minimum atomic E-state index is -3.26. The van der Waals surface area contributed by atoms with Gasteiger partial charge in [-0.3, -0.25) is 0 Å². The van der Waals surface area contributed by atoms with Crippen molar-refractivity contribution < 1.29 is 8.42 Å². The lowest BCUT2D eigenvalue weighted by Crippen LogP contribution is -2.26. The molecule has 1 unspecified atom stereocenters. The fourth-order valence-corrected chi connectivity index (χ4v) is 1.50. The first-order valence-corrected chi connectivity index (χ1v) is 5.12. The van der Waals surface area contributed by atoms with Crippen LogP contribution in [0.2, 0.25) is 0 Å². The molecule has 0 radical (unpaired) electrons. The van der Waals surface area contributed by atoms with Gasteiger partial charge >= 0.3 is 0 Å². The van der Waals surface area contributed by atoms with Crippen LogP contribution in [-0.4, -0.2) is 13.7 Å². The Bertz CT molecular complexity index is 206. The Morgan fingerprint density at radius 3 is 2.40 bits per heavy atom. The lowest BCUT2D eigenvalue weighted by atomic mass is 10.2. The van der Waals surface area contributed by atoms with Gasteiger partial charge in [-0.2, -0.15) is 0 Å². The number of rotatable bonds is 3. The Labute approximate surface area is 61.7 Å². The minimum absolute atomic E-state index is 0.347. The largest absolute Gasteiger partial charge is 0.228 e. The molecule has 1 atom stereocenters. The molecule has 0 aromatic carbocycles. The van der Waals surface area contributed by atoms with E-state index in [-0.39, 0.29) is 5.25 Å². The number of nitrogens with two attached hydrogens (primary N) is 1. The van der Waals surface area contributed by atoms with Crippen molar-refractivity contribution in [2.75, 3.05) is 0 Å². The van der Waals surface area contributed by atoms with Crippen molar-refractivity contribution in [3.63, 3.8) is 0 Å². The highest BCUT2D eigenvalue weighted by atomic mass is 32.2. The van der Waals surface area contributed by atoms with Crippen LogP contribution in [0, 0.1) is 5.92 Å². The quantitative estimate of drug-likeness (QED) is 0.657. The van der Waals surface area contributed by atoms with Gasteiger partial charge in [-0.1, -0.05) is 12.8 Å². The van der Waals surface area contributed by atoms with Crippen molar-refractivity contribution in [2.45, 2.75) is 31.4 Å². The molecule has 0 aromatic rings. The van der Waals surface area contributed by atoms with Gasteiger partial charge in [0.25, 0.3) is 0 Å². The van der Waals surface area contributed by atoms with E-state index < -0.39 is 10.0 Å². The molecule has 0 aliphatic heterocycles. The first kappa shape index (κ1) is 8.01. The second-order valence-corrected chi connectivity index (χ2v) is 5.06. The summed E-state index contributed by atoms with van der Waals surface area (Å²) in [4.78, 5) is 0. The lowest BCUT2D eigenvalue weighted by Gasteiger charge is -2.05. The maximum absolute atomic E-state index is 10.7. The van der Waals surface area contributed by atoms with E-state index in [2.05, 4.69) is 0 Å². The third kappa shape index (κ3) is 2.27. The number of hydrogen-bond acceptors (Lipinski definition) is 2. The second-order valence-electron chi connectivity index (χ2n) is 3.08. The van der Waals surface area contributed by atoms with Gasteiger partial charge < -0.3 is 0 Å². The van der Waals surface area contributed by atoms with Gasteiger partial charge in [-0.05, 0) is 19.3 Å². The zero-order valence-corrected chi connectivity index (χ0v) is 6.89. The molecule has 0 amide bonds. The monoisotopic (exact) mass is 163 g/mol. The normalized spacial score (nSPS) is 22.6. The van der Waals surface area contributed by atoms with Crippen LogP contribution in [-0.2, 0) is 10.0 Å². The average molecular weight is 163 g/mol. The summed E-state index contributed by atoms with van der Waals surface area (Å²) in [5, 5.41) is 4.58. The van der Waals surface area contributed by atoms with Gasteiger partial charge in [0.05, 0.1) is 5.25 Å². The maximum Gasteiger partial charge on any atom is 0.211 e. The third-order valence-corrected chi connectivity index (χ3v) is 3.24. The summed E-state index contributed by atoms with van der Waals surface area (Å²) < 4.78 is 21.3. The van der Waals surface area contributed by atoms with E-state index in [0.29, 0.717) is 5.92 Å². The van der Waals surface area contributed by atoms with Crippen LogP contribution in [0.25, 0.3) is 0 Å². The van der Waals surface area contributed by atoms with Crippen LogP contribution >= 0.6 is 0 Å². The van der Waals surface area contributed by atoms with E-state index in [1.165, 1.54) is 12.8 Å². The van der Waals surface area contributed by atoms with E-state index >= 15 is 0 Å². The fraction of sp³-hybridized carbons (Fsp3) is 1.00. The van der Waals surface area contributed by atoms with Gasteiger partial charge in [-0.25, -0.2) is 13.6 Å². The average Bonchev–Trinajstić information content (AvgIpc) is 2.47. The topological polar surface area (TPSA) is 60.2 Å². The van der Waals surface area contributed by atoms with Crippen LogP contribution < -0.4 is 5.14 Å². The molecule has 1 aliphatic carbocycles. The van der Waals surface area contributed by atoms with Gasteiger partial charge in [0, 0.05) is 0 Å². The predicted octanol–water partition coefficient (Wildman–Crippen LogP) is 0.464. The van der Waals surface area contributed by atoms with Crippen LogP contribution in [0.1, 0.15) is 26.2 Å². The number of hydrogen-bond donors (Lipinski definition) is 1. The Morgan fingerprint density at radius 1 is 1.60 bits per heavy atom. The highest BCUT2D eigenvalue weighted by molar-refractivity contribution is 7.89. The smallest absolute Gasteiger partial charge is 0.211 e. The van der Waals surface area contributed by atoms with Crippen LogP contribution in [0.3, 0.4) is 0 Å². The van der Waals surface area contributed by atoms with Crippen molar-refractivity contribution in [2.24, 2.45) is 11.1 Å². The molecule has 0 saturated heterocycles. The molecule has 4 heteroatoms. The lowest BCUT2D eigenvalue weighted by molar-refractivity contribution is 0.571. The summed E-state index contributed by atoms with van der Waals surface area (Å²) in [6.45, 7) is 1.67. The van der Waals surface area contributed by atoms with Gasteiger partial charge in [-0.15, -0.1) is 0 Å². The van der Waals surface area contributed by atoms with E-state index in [1.54, 1.807) is 6.92 Å². The molecule has 1 aliphatic rings. The van der Waals surface area contributed by atoms with Crippen LogP contribution in [0.5, 0.6) is 0 Å². The molecular weight excluding hydrogens is 150 g/mol. The molecule has 1 saturated carbocycles. The highest BCUT2D eigenvalue weighted by Crippen LogP contribution is 2.34. The Balaban J connectivity index is 2.40. The third-order valence-electron chi connectivity index (χ3n) is 1.92. The standard InChI is InChI=1S/C6H13NO2S/c1-5(10(7,8)9)4-6-2-3-6/h5-6H,2-4H2,1H3,(H2,7,8,9). The first-order valence-electron chi connectivity index (χ1n) is 3.52. The van der Waals surface area contributed by atoms with Crippen molar-refractivity contribution in [1.29, 1.82) is 0 Å². The molecule has 0 heterocycles. The summed E-state index contributed by atoms with van der Waals surface area (Å²) in [7, 11) is -3.26. The van der Waals surface area contributed by atoms with E-state index in [0.717, 1.165) is 6.42 Å². The molecule has 2 N–H and O–H groups in total. The highest BCUT2D eigenvalue weighted by Gasteiger charge is 2.27. The Morgan fingerprint density at radius 2 is 2.10 bits per heavy atom. The maximum atomic E-state index is 10.7. The molecule has 0 aromatic heterocycles. The van der Waals surface area contributed by atoms with E-state index in [1.807, 2.05) is 0 Å². The van der Waals surface area contributed by atoms with Crippen molar-refractivity contribution >= 4 is 10.0 Å². The summed E-state index contributed by atoms with van der Waals surface area (Å²) in [6, 6.07) is 0. The Kier molecular flexibility index (Phi) is 2.01. The van der Waals surface area contributed by atoms with Crippen molar-refractivity contribution in [1.82, 2.24) is 0 Å². The van der Waals surface area contributed by atoms with E-state index in [9.17, 15) is 8.42 Å². The molecular formula is C6H13NO2S. The van der Waals surface area contributed by atoms with Crippen LogP contribution in [0.15, 0.2) is 0 Å². The molecule has 0 bridgehead atoms. The summed E-state index contributed by atoms with van der Waals surface area (Å²) in [6.07, 6.45) is 3.11. The predicted molar refractivity (Wildman–Crippen MR) is 39.9 cm³/mol. The number of primary sulfonamides is 1. The molecule has 1 rings (SSSR count). The molecule has 3 nitrogen and oxygen atoms in total. The molecule has 0 spiro atoms. The Hall–Kier alpha value is -0.0900. The van der Waals surface area contributed by atoms with Gasteiger partial charge in [0.15, 0.2) is 0 Å². The molecule has 60 valence electrons. The summed E-state index contributed by atoms with van der Waals surface area (Å²) in [5.41, 5.74) is 0. The SMILES string of the molecule is CC(CC1CC1)S(N)(=O)=O. The molecule has 10 heavy (non-hydrogen) atoms. The minimum Gasteiger partial charge on any atom is -0.228 e. The van der Waals surface area contributed by atoms with E-state index in [4.69, 9.17) is 5.14 Å². The van der Waals surface area contributed by atoms with Crippen molar-refractivity contribution in [3.05, 3.63) is 0 Å². The summed E-state index contributed by atoms with van der Waals surface area (Å²) >= 11 is 0. The molecule has 1 fully saturated rings. The zero-order chi connectivity index (χ0) is 7.78. The zero-order valence-electron chi connectivity index (χ0n) is 6.08. The van der Waals surface area contributed by atoms with Crippen molar-refractivity contribution in [3.8, 4) is 0 Å². The second kappa shape index (κ2) is 2.51. The number of sulfonamides is 1. The fourth-order valence-electron chi connectivity index (χ4n) is 0.957. The summed E-state index contributed by atoms with van der Waals surface area (Å²) in [5.74, 6) is 0.633. The van der Waals surface area contributed by atoms with Gasteiger partial charge in [0.1, 0.15) is 0 Å². The van der Waals surface area contributed by atoms with Crippen LogP contribution in [0.4, 0.5) is 0 Å². The first-order chi connectivity index (χ1) is 4.50.